The molecule has 0 spiro atoms. The molecule has 0 saturated carbocycles. The number of carbonyl (C=O) groups excluding carboxylic acids is 1. The average molecular weight is 465 g/mol. The Hall–Kier alpha value is -2.46. The predicted octanol–water partition coefficient (Wildman–Crippen LogP) is 2.90. The van der Waals surface area contributed by atoms with Crippen molar-refractivity contribution < 1.29 is 14.4 Å². The maximum absolute atomic E-state index is 13.0. The summed E-state index contributed by atoms with van der Waals surface area (Å²) in [7, 11) is 0. The highest BCUT2D eigenvalue weighted by Crippen LogP contribution is 2.18. The Bertz CT molecular complexity index is 989. The van der Waals surface area contributed by atoms with Gasteiger partial charge < -0.3 is 4.74 Å². The first-order valence-electron chi connectivity index (χ1n) is 7.91. The third kappa shape index (κ3) is 4.02. The van der Waals surface area contributed by atoms with Crippen LogP contribution >= 0.6 is 22.6 Å². The van der Waals surface area contributed by atoms with Crippen LogP contribution in [0.25, 0.3) is 16.6 Å². The van der Waals surface area contributed by atoms with Gasteiger partial charge in [0.2, 0.25) is 5.95 Å². The van der Waals surface area contributed by atoms with E-state index in [1.165, 1.54) is 4.57 Å². The minimum atomic E-state index is -0.510. The van der Waals surface area contributed by atoms with Crippen LogP contribution in [0.4, 0.5) is 5.95 Å². The summed E-state index contributed by atoms with van der Waals surface area (Å²) in [4.78, 5) is 34.1. The molecule has 0 radical (unpaired) electrons. The van der Waals surface area contributed by atoms with Crippen LogP contribution in [-0.2, 0) is 14.4 Å². The van der Waals surface area contributed by atoms with Crippen molar-refractivity contribution in [1.82, 2.24) is 9.55 Å². The van der Waals surface area contributed by atoms with Gasteiger partial charge in [0.1, 0.15) is 0 Å². The van der Waals surface area contributed by atoms with Crippen molar-refractivity contribution in [3.05, 3.63) is 62.5 Å². The maximum atomic E-state index is 13.0. The van der Waals surface area contributed by atoms with E-state index >= 15 is 0 Å². The third-order valence-corrected chi connectivity index (χ3v) is 4.17. The largest absolute Gasteiger partial charge is 0.464 e. The molecule has 1 heterocycles. The number of nitrogens with zero attached hydrogens (tertiary/aromatic N) is 2. The number of fused-ring (bicyclic) bond motifs is 1. The number of hydrogen-bond donors (Lipinski definition) is 1. The van der Waals surface area contributed by atoms with Crippen LogP contribution in [0.2, 0.25) is 0 Å². The summed E-state index contributed by atoms with van der Waals surface area (Å²) in [6, 6.07) is 14.5. The summed E-state index contributed by atoms with van der Waals surface area (Å²) in [6.07, 6.45) is 0. The zero-order chi connectivity index (χ0) is 18.5. The first kappa shape index (κ1) is 18.3. The quantitative estimate of drug-likeness (QED) is 0.343. The number of carbonyl (C=O) groups is 1. The van der Waals surface area contributed by atoms with Gasteiger partial charge in [0, 0.05) is 3.57 Å². The van der Waals surface area contributed by atoms with Gasteiger partial charge in [0.25, 0.3) is 5.56 Å². The summed E-state index contributed by atoms with van der Waals surface area (Å²) < 4.78 is 7.15. The molecular formula is C18H16IN3O4. The predicted molar refractivity (Wildman–Crippen MR) is 106 cm³/mol. The van der Waals surface area contributed by atoms with Crippen molar-refractivity contribution in [3.63, 3.8) is 0 Å². The highest BCUT2D eigenvalue weighted by molar-refractivity contribution is 14.1. The number of nitrogens with one attached hydrogen (secondary N) is 1. The molecule has 0 aliphatic heterocycles. The summed E-state index contributed by atoms with van der Waals surface area (Å²) in [6.45, 7) is 1.68. The number of hydrogen-bond acceptors (Lipinski definition) is 6. The fourth-order valence-corrected chi connectivity index (χ4v) is 2.90. The van der Waals surface area contributed by atoms with Crippen LogP contribution in [0.1, 0.15) is 6.92 Å². The Morgan fingerprint density at radius 3 is 2.73 bits per heavy atom. The third-order valence-electron chi connectivity index (χ3n) is 3.50. The van der Waals surface area contributed by atoms with E-state index in [-0.39, 0.29) is 24.7 Å². The van der Waals surface area contributed by atoms with Gasteiger partial charge in [0.15, 0.2) is 6.61 Å². The summed E-state index contributed by atoms with van der Waals surface area (Å²) in [5.41, 5.74) is 3.53. The molecule has 134 valence electrons. The van der Waals surface area contributed by atoms with Gasteiger partial charge in [-0.2, -0.15) is 0 Å². The molecule has 7 nitrogen and oxygen atoms in total. The van der Waals surface area contributed by atoms with Crippen LogP contribution in [0, 0.1) is 3.57 Å². The lowest BCUT2D eigenvalue weighted by molar-refractivity contribution is -0.147. The molecule has 0 amide bonds. The smallest absolute Gasteiger partial charge is 0.334 e. The topological polar surface area (TPSA) is 82.5 Å². The summed E-state index contributed by atoms with van der Waals surface area (Å²) in [5.74, 6) is -0.330. The zero-order valence-corrected chi connectivity index (χ0v) is 16.1. The Labute approximate surface area is 163 Å². The Kier molecular flexibility index (Phi) is 5.84. The number of halogens is 1. The first-order valence-corrected chi connectivity index (χ1v) is 8.99. The number of aromatic nitrogens is 2. The summed E-state index contributed by atoms with van der Waals surface area (Å²) in [5, 5.41) is 0.497. The molecule has 1 aromatic heterocycles. The van der Waals surface area contributed by atoms with E-state index in [1.54, 1.807) is 31.2 Å². The van der Waals surface area contributed by atoms with Gasteiger partial charge in [0.05, 0.1) is 23.2 Å². The molecule has 26 heavy (non-hydrogen) atoms. The monoisotopic (exact) mass is 465 g/mol. The van der Waals surface area contributed by atoms with Gasteiger partial charge in [-0.1, -0.05) is 18.2 Å². The second-order valence-corrected chi connectivity index (χ2v) is 6.51. The van der Waals surface area contributed by atoms with E-state index in [2.05, 4.69) is 33.1 Å². The van der Waals surface area contributed by atoms with Crippen molar-refractivity contribution in [2.24, 2.45) is 0 Å². The Balaban J connectivity index is 2.04. The standard InChI is InChI=1S/C18H16IN3O4/c1-2-25-16(23)11-26-21-18-20-15-9-8-12(19)10-14(15)17(24)22(18)13-6-4-3-5-7-13/h3-10H,2,11H2,1H3,(H,20,21). The molecule has 0 atom stereocenters. The molecule has 8 heteroatoms. The van der Waals surface area contributed by atoms with Crippen molar-refractivity contribution in [2.75, 3.05) is 18.7 Å². The van der Waals surface area contributed by atoms with E-state index in [9.17, 15) is 9.59 Å². The van der Waals surface area contributed by atoms with E-state index in [0.717, 1.165) is 3.57 Å². The van der Waals surface area contributed by atoms with Gasteiger partial charge in [-0.05, 0) is 59.8 Å². The highest BCUT2D eigenvalue weighted by atomic mass is 127. The zero-order valence-electron chi connectivity index (χ0n) is 13.9. The molecule has 0 saturated heterocycles. The SMILES string of the molecule is CCOC(=O)CONc1nc2ccc(I)cc2c(=O)n1-c1ccccc1. The fourth-order valence-electron chi connectivity index (χ4n) is 2.41. The molecule has 2 aromatic carbocycles. The molecule has 3 rings (SSSR count). The van der Waals surface area contributed by atoms with Crippen LogP contribution in [-0.4, -0.2) is 28.7 Å². The van der Waals surface area contributed by atoms with Crippen LogP contribution < -0.4 is 11.0 Å². The minimum absolute atomic E-state index is 0.180. The average Bonchev–Trinajstić information content (AvgIpc) is 2.63. The summed E-state index contributed by atoms with van der Waals surface area (Å²) >= 11 is 2.15. The lowest BCUT2D eigenvalue weighted by atomic mass is 10.2. The van der Waals surface area contributed by atoms with E-state index in [4.69, 9.17) is 9.57 Å². The number of anilines is 1. The lowest BCUT2D eigenvalue weighted by Gasteiger charge is -2.14. The van der Waals surface area contributed by atoms with Crippen LogP contribution in [0.15, 0.2) is 53.3 Å². The number of para-hydroxylation sites is 1. The van der Waals surface area contributed by atoms with Crippen molar-refractivity contribution in [2.45, 2.75) is 6.92 Å². The normalized spacial score (nSPS) is 10.7. The van der Waals surface area contributed by atoms with Crippen molar-refractivity contribution >= 4 is 45.4 Å². The van der Waals surface area contributed by atoms with Crippen molar-refractivity contribution in [3.8, 4) is 5.69 Å². The molecule has 0 aliphatic rings. The molecular weight excluding hydrogens is 449 g/mol. The van der Waals surface area contributed by atoms with Gasteiger partial charge >= 0.3 is 5.97 Å². The highest BCUT2D eigenvalue weighted by Gasteiger charge is 2.14. The lowest BCUT2D eigenvalue weighted by Crippen LogP contribution is -2.25. The minimum Gasteiger partial charge on any atom is -0.464 e. The number of esters is 1. The van der Waals surface area contributed by atoms with E-state index in [0.29, 0.717) is 16.6 Å². The van der Waals surface area contributed by atoms with Crippen LogP contribution in [0.3, 0.4) is 0 Å². The fraction of sp³-hybridized carbons (Fsp3) is 0.167. The van der Waals surface area contributed by atoms with Gasteiger partial charge in [-0.15, -0.1) is 0 Å². The molecule has 0 unspecified atom stereocenters. The molecule has 0 fully saturated rings. The Morgan fingerprint density at radius 2 is 2.00 bits per heavy atom. The number of rotatable bonds is 6. The van der Waals surface area contributed by atoms with Gasteiger partial charge in [-0.25, -0.2) is 19.8 Å². The van der Waals surface area contributed by atoms with Gasteiger partial charge in [-0.3, -0.25) is 9.63 Å². The van der Waals surface area contributed by atoms with E-state index < -0.39 is 5.97 Å². The number of ether oxygens (including phenoxy) is 1. The molecule has 1 N–H and O–H groups in total. The second kappa shape index (κ2) is 8.28. The van der Waals surface area contributed by atoms with E-state index in [1.807, 2.05) is 24.3 Å². The molecule has 0 bridgehead atoms. The Morgan fingerprint density at radius 1 is 1.23 bits per heavy atom. The number of benzene rings is 2. The van der Waals surface area contributed by atoms with Crippen molar-refractivity contribution in [1.29, 1.82) is 0 Å². The first-order chi connectivity index (χ1) is 12.6. The molecule has 3 aromatic rings. The van der Waals surface area contributed by atoms with Crippen LogP contribution in [0.5, 0.6) is 0 Å². The maximum Gasteiger partial charge on any atom is 0.334 e. The second-order valence-electron chi connectivity index (χ2n) is 5.27. The molecule has 0 aliphatic carbocycles.